The van der Waals surface area contributed by atoms with Gasteiger partial charge in [0.1, 0.15) is 5.65 Å². The fourth-order valence-electron chi connectivity index (χ4n) is 3.26. The van der Waals surface area contributed by atoms with Crippen LogP contribution in [0.1, 0.15) is 17.5 Å². The molecule has 4 nitrogen and oxygen atoms in total. The van der Waals surface area contributed by atoms with Crippen LogP contribution in [-0.4, -0.2) is 14.5 Å². The lowest BCUT2D eigenvalue weighted by atomic mass is 10.0. The van der Waals surface area contributed by atoms with E-state index < -0.39 is 0 Å². The second-order valence-electron chi connectivity index (χ2n) is 6.42. The maximum absolute atomic E-state index is 13.2. The number of hydrogen-bond donors (Lipinski definition) is 0. The van der Waals surface area contributed by atoms with Crippen LogP contribution in [0.25, 0.3) is 16.7 Å². The number of pyridine rings is 3. The summed E-state index contributed by atoms with van der Waals surface area (Å²) in [6.45, 7) is 0. The molecule has 4 aromatic rings. The number of benzene rings is 1. The molecule has 0 aliphatic rings. The Morgan fingerprint density at radius 1 is 0.926 bits per heavy atom. The summed E-state index contributed by atoms with van der Waals surface area (Å²) in [4.78, 5) is 21.7. The lowest BCUT2D eigenvalue weighted by Gasteiger charge is -2.12. The molecule has 1 aromatic carbocycles. The third-order valence-electron chi connectivity index (χ3n) is 4.56. The molecule has 4 rings (SSSR count). The molecule has 0 aliphatic carbocycles. The van der Waals surface area contributed by atoms with Crippen molar-refractivity contribution in [3.8, 4) is 5.69 Å². The van der Waals surface area contributed by atoms with Crippen LogP contribution in [0.4, 0.5) is 0 Å². The highest BCUT2D eigenvalue weighted by atomic mass is 35.5. The molecule has 0 radical (unpaired) electrons. The van der Waals surface area contributed by atoms with Gasteiger partial charge in [-0.2, -0.15) is 0 Å². The second kappa shape index (κ2) is 7.72. The fraction of sp³-hybridized carbons (Fsp3) is 0.136. The first-order valence-corrected chi connectivity index (χ1v) is 9.25. The highest BCUT2D eigenvalue weighted by molar-refractivity contribution is 6.30. The molecule has 0 atom stereocenters. The number of aryl methyl sites for hydroxylation is 2. The number of rotatable bonds is 5. The molecule has 0 N–H and O–H groups in total. The maximum atomic E-state index is 13.2. The minimum absolute atomic E-state index is 0.0433. The van der Waals surface area contributed by atoms with E-state index >= 15 is 0 Å². The monoisotopic (exact) mass is 375 g/mol. The SMILES string of the molecule is O=c1c(CCCc2ccncc2)cc2cccnc2n1-c1cccc(Cl)c1. The van der Waals surface area contributed by atoms with Crippen molar-refractivity contribution in [1.82, 2.24) is 14.5 Å². The van der Waals surface area contributed by atoms with E-state index in [2.05, 4.69) is 9.97 Å². The molecule has 0 amide bonds. The van der Waals surface area contributed by atoms with E-state index in [4.69, 9.17) is 11.6 Å². The zero-order valence-corrected chi connectivity index (χ0v) is 15.4. The first-order chi connectivity index (χ1) is 13.2. The van der Waals surface area contributed by atoms with Gasteiger partial charge in [-0.3, -0.25) is 14.3 Å². The lowest BCUT2D eigenvalue weighted by Crippen LogP contribution is -2.23. The Morgan fingerprint density at radius 3 is 2.59 bits per heavy atom. The molecule has 0 fully saturated rings. The Labute approximate surface area is 162 Å². The van der Waals surface area contributed by atoms with E-state index in [1.165, 1.54) is 5.56 Å². The molecular weight excluding hydrogens is 358 g/mol. The first-order valence-electron chi connectivity index (χ1n) is 8.87. The zero-order valence-electron chi connectivity index (χ0n) is 14.7. The van der Waals surface area contributed by atoms with E-state index in [1.807, 2.05) is 42.5 Å². The van der Waals surface area contributed by atoms with Crippen molar-refractivity contribution in [2.75, 3.05) is 0 Å². The molecule has 0 saturated carbocycles. The smallest absolute Gasteiger partial charge is 0.259 e. The summed E-state index contributed by atoms with van der Waals surface area (Å²) in [6, 6.07) is 17.1. The maximum Gasteiger partial charge on any atom is 0.259 e. The highest BCUT2D eigenvalue weighted by Crippen LogP contribution is 2.19. The highest BCUT2D eigenvalue weighted by Gasteiger charge is 2.12. The Hall–Kier alpha value is -2.98. The molecule has 3 heterocycles. The third kappa shape index (κ3) is 3.76. The fourth-order valence-corrected chi connectivity index (χ4v) is 3.45. The normalized spacial score (nSPS) is 11.0. The van der Waals surface area contributed by atoms with Gasteiger partial charge in [0.05, 0.1) is 5.69 Å². The van der Waals surface area contributed by atoms with Crippen molar-refractivity contribution in [3.05, 3.63) is 99.7 Å². The van der Waals surface area contributed by atoms with E-state index in [0.29, 0.717) is 17.1 Å². The molecule has 0 spiro atoms. The van der Waals surface area contributed by atoms with Gasteiger partial charge in [-0.25, -0.2) is 4.98 Å². The predicted molar refractivity (Wildman–Crippen MR) is 109 cm³/mol. The second-order valence-corrected chi connectivity index (χ2v) is 6.85. The Kier molecular flexibility index (Phi) is 4.99. The van der Waals surface area contributed by atoms with Crippen molar-refractivity contribution in [2.45, 2.75) is 19.3 Å². The van der Waals surface area contributed by atoms with Gasteiger partial charge in [-0.15, -0.1) is 0 Å². The van der Waals surface area contributed by atoms with Gasteiger partial charge in [0.25, 0.3) is 5.56 Å². The summed E-state index contributed by atoms with van der Waals surface area (Å²) < 4.78 is 1.66. The summed E-state index contributed by atoms with van der Waals surface area (Å²) in [5.74, 6) is 0. The van der Waals surface area contributed by atoms with Crippen molar-refractivity contribution < 1.29 is 0 Å². The minimum atomic E-state index is -0.0433. The number of hydrogen-bond acceptors (Lipinski definition) is 3. The summed E-state index contributed by atoms with van der Waals surface area (Å²) >= 11 is 6.15. The van der Waals surface area contributed by atoms with Gasteiger partial charge in [0.15, 0.2) is 0 Å². The molecule has 27 heavy (non-hydrogen) atoms. The number of fused-ring (bicyclic) bond motifs is 1. The average molecular weight is 376 g/mol. The Bertz CT molecular complexity index is 1140. The van der Waals surface area contributed by atoms with E-state index in [0.717, 1.165) is 29.5 Å². The Balaban J connectivity index is 1.73. The van der Waals surface area contributed by atoms with Crippen LogP contribution in [0.5, 0.6) is 0 Å². The van der Waals surface area contributed by atoms with Gasteiger partial charge in [-0.05, 0) is 73.4 Å². The van der Waals surface area contributed by atoms with E-state index in [9.17, 15) is 4.79 Å². The topological polar surface area (TPSA) is 47.8 Å². The molecule has 0 saturated heterocycles. The number of halogens is 1. The average Bonchev–Trinajstić information content (AvgIpc) is 2.69. The zero-order chi connectivity index (χ0) is 18.6. The van der Waals surface area contributed by atoms with Crippen LogP contribution in [-0.2, 0) is 12.8 Å². The summed E-state index contributed by atoms with van der Waals surface area (Å²) in [5.41, 5.74) is 3.33. The minimum Gasteiger partial charge on any atom is -0.269 e. The van der Waals surface area contributed by atoms with Crippen LogP contribution < -0.4 is 5.56 Å². The van der Waals surface area contributed by atoms with Crippen LogP contribution in [0.3, 0.4) is 0 Å². The summed E-state index contributed by atoms with van der Waals surface area (Å²) in [5, 5.41) is 1.53. The largest absolute Gasteiger partial charge is 0.269 e. The predicted octanol–water partition coefficient (Wildman–Crippen LogP) is 4.61. The van der Waals surface area contributed by atoms with Crippen molar-refractivity contribution in [2.24, 2.45) is 0 Å². The molecule has 5 heteroatoms. The van der Waals surface area contributed by atoms with E-state index in [1.54, 1.807) is 35.3 Å². The van der Waals surface area contributed by atoms with Crippen molar-refractivity contribution in [3.63, 3.8) is 0 Å². The van der Waals surface area contributed by atoms with Crippen LogP contribution >= 0.6 is 11.6 Å². The third-order valence-corrected chi connectivity index (χ3v) is 4.80. The molecular formula is C22H18ClN3O. The van der Waals surface area contributed by atoms with Gasteiger partial charge >= 0.3 is 0 Å². The van der Waals surface area contributed by atoms with Gasteiger partial charge in [-0.1, -0.05) is 17.7 Å². The van der Waals surface area contributed by atoms with Crippen LogP contribution in [0.2, 0.25) is 5.02 Å². The molecule has 134 valence electrons. The molecule has 0 unspecified atom stereocenters. The molecule has 0 aliphatic heterocycles. The van der Waals surface area contributed by atoms with Gasteiger partial charge < -0.3 is 0 Å². The number of aromatic nitrogens is 3. The van der Waals surface area contributed by atoms with Crippen molar-refractivity contribution in [1.29, 1.82) is 0 Å². The van der Waals surface area contributed by atoms with Gasteiger partial charge in [0, 0.05) is 34.6 Å². The van der Waals surface area contributed by atoms with Crippen molar-refractivity contribution >= 4 is 22.6 Å². The van der Waals surface area contributed by atoms with E-state index in [-0.39, 0.29) is 5.56 Å². The quantitative estimate of drug-likeness (QED) is 0.511. The summed E-state index contributed by atoms with van der Waals surface area (Å²) in [7, 11) is 0. The standard InChI is InChI=1S/C22H18ClN3O/c23-19-7-2-8-20(15-19)26-21-17(6-3-11-25-21)14-18(22(26)27)5-1-4-16-9-12-24-13-10-16/h2-3,6-15H,1,4-5H2. The van der Waals surface area contributed by atoms with Gasteiger partial charge in [0.2, 0.25) is 0 Å². The van der Waals surface area contributed by atoms with Crippen LogP contribution in [0, 0.1) is 0 Å². The number of nitrogens with zero attached hydrogens (tertiary/aromatic N) is 3. The van der Waals surface area contributed by atoms with Crippen LogP contribution in [0.15, 0.2) is 78.0 Å². The summed E-state index contributed by atoms with van der Waals surface area (Å²) in [6.07, 6.45) is 7.79. The molecule has 0 bridgehead atoms. The molecule has 3 aromatic heterocycles. The first kappa shape index (κ1) is 17.4. The lowest BCUT2D eigenvalue weighted by molar-refractivity contribution is 0.802. The Morgan fingerprint density at radius 2 is 1.78 bits per heavy atom.